The number of nitrogens with zero attached hydrogens (tertiary/aromatic N) is 1. The maximum atomic E-state index is 6.12. The van der Waals surface area contributed by atoms with Gasteiger partial charge in [-0.2, -0.15) is 0 Å². The van der Waals surface area contributed by atoms with Crippen LogP contribution in [-0.4, -0.2) is 7.05 Å². The van der Waals surface area contributed by atoms with Crippen LogP contribution in [0.2, 0.25) is 5.02 Å². The molecule has 20 heavy (non-hydrogen) atoms. The lowest BCUT2D eigenvalue weighted by molar-refractivity contribution is 0.305. The highest BCUT2D eigenvalue weighted by Gasteiger charge is 2.10. The number of hydrogen-bond acceptors (Lipinski definition) is 3. The van der Waals surface area contributed by atoms with Gasteiger partial charge in [-0.05, 0) is 36.8 Å². The zero-order valence-corrected chi connectivity index (χ0v) is 13.7. The van der Waals surface area contributed by atoms with Crippen LogP contribution < -0.4 is 15.6 Å². The van der Waals surface area contributed by atoms with Crippen LogP contribution in [0.1, 0.15) is 11.1 Å². The molecule has 0 radical (unpaired) electrons. The van der Waals surface area contributed by atoms with E-state index in [2.05, 4.69) is 15.9 Å². The molecule has 5 heteroatoms. The lowest BCUT2D eigenvalue weighted by atomic mass is 10.1. The van der Waals surface area contributed by atoms with Gasteiger partial charge in [-0.15, -0.1) is 0 Å². The number of halogens is 2. The molecule has 2 aromatic carbocycles. The number of aryl methyl sites for hydroxylation is 1. The molecule has 2 N–H and O–H groups in total. The number of nitrogens with two attached hydrogens (primary N) is 1. The van der Waals surface area contributed by atoms with Gasteiger partial charge in [-0.3, -0.25) is 0 Å². The Balaban J connectivity index is 2.25. The van der Waals surface area contributed by atoms with E-state index in [1.807, 2.05) is 44.3 Å². The first-order valence-corrected chi connectivity index (χ1v) is 7.31. The first kappa shape index (κ1) is 15.2. The summed E-state index contributed by atoms with van der Waals surface area (Å²) < 4.78 is 6.76. The fraction of sp³-hybridized carbons (Fsp3) is 0.200. The number of benzene rings is 2. The fourth-order valence-electron chi connectivity index (χ4n) is 1.94. The van der Waals surface area contributed by atoms with Crippen LogP contribution >= 0.6 is 27.5 Å². The summed E-state index contributed by atoms with van der Waals surface area (Å²) in [5.74, 6) is 6.50. The highest BCUT2D eigenvalue weighted by Crippen LogP contribution is 2.30. The van der Waals surface area contributed by atoms with E-state index in [0.717, 1.165) is 21.3 Å². The fourth-order valence-corrected chi connectivity index (χ4v) is 2.45. The molecule has 3 nitrogen and oxygen atoms in total. The van der Waals surface area contributed by atoms with Gasteiger partial charge in [0, 0.05) is 17.1 Å². The Labute approximate surface area is 132 Å². The highest BCUT2D eigenvalue weighted by molar-refractivity contribution is 9.10. The molecule has 0 heterocycles. The normalized spacial score (nSPS) is 10.4. The van der Waals surface area contributed by atoms with Crippen molar-refractivity contribution >= 4 is 33.2 Å². The molecule has 2 rings (SSSR count). The van der Waals surface area contributed by atoms with E-state index in [-0.39, 0.29) is 0 Å². The Morgan fingerprint density at radius 3 is 2.75 bits per heavy atom. The SMILES string of the molecule is Cc1cccc(N(C)N)c1COc1cc(Br)ccc1Cl. The van der Waals surface area contributed by atoms with Crippen LogP contribution in [0.25, 0.3) is 0 Å². The van der Waals surface area contributed by atoms with E-state index in [0.29, 0.717) is 17.4 Å². The van der Waals surface area contributed by atoms with Gasteiger partial charge in [0.2, 0.25) is 0 Å². The van der Waals surface area contributed by atoms with Crippen molar-refractivity contribution in [2.45, 2.75) is 13.5 Å². The number of hydrazine groups is 1. The second kappa shape index (κ2) is 6.48. The van der Waals surface area contributed by atoms with Gasteiger partial charge in [0.1, 0.15) is 12.4 Å². The minimum Gasteiger partial charge on any atom is -0.487 e. The molecule has 0 unspecified atom stereocenters. The third-order valence-corrected chi connectivity index (χ3v) is 3.84. The van der Waals surface area contributed by atoms with Crippen LogP contribution in [0.15, 0.2) is 40.9 Å². The molecular weight excluding hydrogens is 340 g/mol. The van der Waals surface area contributed by atoms with Gasteiger partial charge in [0.15, 0.2) is 0 Å². The third kappa shape index (κ3) is 3.45. The predicted molar refractivity (Wildman–Crippen MR) is 87.3 cm³/mol. The molecule has 0 atom stereocenters. The highest BCUT2D eigenvalue weighted by atomic mass is 79.9. The van der Waals surface area contributed by atoms with Crippen LogP contribution in [0.5, 0.6) is 5.75 Å². The zero-order chi connectivity index (χ0) is 14.7. The summed E-state index contributed by atoms with van der Waals surface area (Å²) in [6.45, 7) is 2.45. The molecule has 2 aromatic rings. The van der Waals surface area contributed by atoms with Crippen molar-refractivity contribution in [3.05, 3.63) is 57.0 Å². The van der Waals surface area contributed by atoms with E-state index < -0.39 is 0 Å². The number of rotatable bonds is 4. The molecule has 0 bridgehead atoms. The molecule has 0 saturated carbocycles. The van der Waals surface area contributed by atoms with Crippen molar-refractivity contribution in [1.29, 1.82) is 0 Å². The Bertz CT molecular complexity index is 617. The molecule has 0 spiro atoms. The van der Waals surface area contributed by atoms with Gasteiger partial charge in [0.25, 0.3) is 0 Å². The minimum atomic E-state index is 0.416. The first-order chi connectivity index (χ1) is 9.49. The third-order valence-electron chi connectivity index (χ3n) is 3.03. The van der Waals surface area contributed by atoms with Gasteiger partial charge in [0.05, 0.1) is 10.7 Å². The van der Waals surface area contributed by atoms with Gasteiger partial charge >= 0.3 is 0 Å². The molecular formula is C15H16BrClN2O. The zero-order valence-electron chi connectivity index (χ0n) is 11.4. The lowest BCUT2D eigenvalue weighted by Gasteiger charge is -2.19. The van der Waals surface area contributed by atoms with E-state index in [9.17, 15) is 0 Å². The first-order valence-electron chi connectivity index (χ1n) is 6.14. The quantitative estimate of drug-likeness (QED) is 0.656. The Morgan fingerprint density at radius 1 is 1.30 bits per heavy atom. The maximum absolute atomic E-state index is 6.12. The standard InChI is InChI=1S/C15H16BrClN2O/c1-10-4-3-5-14(19(2)18)12(10)9-20-15-8-11(16)6-7-13(15)17/h3-8H,9,18H2,1-2H3. The Morgan fingerprint density at radius 2 is 2.05 bits per heavy atom. The van der Waals surface area contributed by atoms with Crippen LogP contribution in [0, 0.1) is 6.92 Å². The summed E-state index contributed by atoms with van der Waals surface area (Å²) in [5.41, 5.74) is 3.12. The van der Waals surface area contributed by atoms with Crippen molar-refractivity contribution in [3.8, 4) is 5.75 Å². The number of ether oxygens (including phenoxy) is 1. The maximum Gasteiger partial charge on any atom is 0.139 e. The summed E-state index contributed by atoms with van der Waals surface area (Å²) in [6.07, 6.45) is 0. The molecule has 0 amide bonds. The summed E-state index contributed by atoms with van der Waals surface area (Å²) in [5, 5.41) is 2.18. The summed E-state index contributed by atoms with van der Waals surface area (Å²) in [7, 11) is 1.81. The van der Waals surface area contributed by atoms with E-state index in [1.54, 1.807) is 11.1 Å². The molecule has 0 aliphatic heterocycles. The summed E-state index contributed by atoms with van der Waals surface area (Å²) in [6, 6.07) is 11.5. The summed E-state index contributed by atoms with van der Waals surface area (Å²) >= 11 is 9.53. The topological polar surface area (TPSA) is 38.5 Å². The van der Waals surface area contributed by atoms with Crippen molar-refractivity contribution in [2.75, 3.05) is 12.1 Å². The van der Waals surface area contributed by atoms with Crippen LogP contribution in [-0.2, 0) is 6.61 Å². The molecule has 0 saturated heterocycles. The Hall–Kier alpha value is -1.23. The smallest absolute Gasteiger partial charge is 0.139 e. The number of hydrogen-bond donors (Lipinski definition) is 1. The minimum absolute atomic E-state index is 0.416. The summed E-state index contributed by atoms with van der Waals surface area (Å²) in [4.78, 5) is 0. The average Bonchev–Trinajstić information content (AvgIpc) is 2.40. The Kier molecular flexibility index (Phi) is 4.91. The number of anilines is 1. The van der Waals surface area contributed by atoms with Gasteiger partial charge in [-0.25, -0.2) is 5.84 Å². The molecule has 0 aliphatic rings. The largest absolute Gasteiger partial charge is 0.487 e. The monoisotopic (exact) mass is 354 g/mol. The molecule has 0 aromatic heterocycles. The van der Waals surface area contributed by atoms with Crippen molar-refractivity contribution in [1.82, 2.24) is 0 Å². The van der Waals surface area contributed by atoms with E-state index in [4.69, 9.17) is 22.2 Å². The average molecular weight is 356 g/mol. The predicted octanol–water partition coefficient (Wildman–Crippen LogP) is 4.30. The van der Waals surface area contributed by atoms with Crippen molar-refractivity contribution in [2.24, 2.45) is 5.84 Å². The van der Waals surface area contributed by atoms with Gasteiger partial charge in [-0.1, -0.05) is 39.7 Å². The van der Waals surface area contributed by atoms with Crippen LogP contribution in [0.3, 0.4) is 0 Å². The van der Waals surface area contributed by atoms with E-state index in [1.165, 1.54) is 0 Å². The second-order valence-corrected chi connectivity index (χ2v) is 5.87. The van der Waals surface area contributed by atoms with Crippen molar-refractivity contribution < 1.29 is 4.74 Å². The molecule has 106 valence electrons. The van der Waals surface area contributed by atoms with Gasteiger partial charge < -0.3 is 9.75 Å². The van der Waals surface area contributed by atoms with E-state index >= 15 is 0 Å². The molecule has 0 aliphatic carbocycles. The second-order valence-electron chi connectivity index (χ2n) is 4.55. The molecule has 0 fully saturated rings. The van der Waals surface area contributed by atoms with Crippen molar-refractivity contribution in [3.63, 3.8) is 0 Å². The van der Waals surface area contributed by atoms with Crippen LogP contribution in [0.4, 0.5) is 5.69 Å². The lowest BCUT2D eigenvalue weighted by Crippen LogP contribution is -2.26.